The first kappa shape index (κ1) is 22.6. The van der Waals surface area contributed by atoms with Gasteiger partial charge >= 0.3 is 6.03 Å². The summed E-state index contributed by atoms with van der Waals surface area (Å²) in [5, 5.41) is 5.95. The third-order valence-corrected chi connectivity index (χ3v) is 6.54. The molecule has 0 aliphatic carbocycles. The highest BCUT2D eigenvalue weighted by Gasteiger charge is 2.26. The van der Waals surface area contributed by atoms with Gasteiger partial charge in [0.1, 0.15) is 0 Å². The van der Waals surface area contributed by atoms with Crippen LogP contribution in [-0.4, -0.2) is 60.5 Å². The quantitative estimate of drug-likeness (QED) is 0.734. The van der Waals surface area contributed by atoms with Gasteiger partial charge in [-0.2, -0.15) is 0 Å². The number of hydrogen-bond donors (Lipinski definition) is 2. The van der Waals surface area contributed by atoms with Crippen LogP contribution < -0.4 is 10.6 Å². The monoisotopic (exact) mass is 414 g/mol. The molecule has 6 nitrogen and oxygen atoms in total. The summed E-state index contributed by atoms with van der Waals surface area (Å²) in [6, 6.07) is 7.40. The molecule has 1 atom stereocenters. The van der Waals surface area contributed by atoms with Crippen LogP contribution >= 0.6 is 0 Å². The minimum absolute atomic E-state index is 0.0537. The largest absolute Gasteiger partial charge is 0.339 e. The highest BCUT2D eigenvalue weighted by atomic mass is 16.2. The molecule has 1 unspecified atom stereocenters. The van der Waals surface area contributed by atoms with Crippen molar-refractivity contribution in [1.82, 2.24) is 15.1 Å². The van der Waals surface area contributed by atoms with Crippen molar-refractivity contribution in [1.29, 1.82) is 0 Å². The number of carbonyl (C=O) groups excluding carboxylic acids is 2. The van der Waals surface area contributed by atoms with Crippen LogP contribution in [0, 0.1) is 11.8 Å². The highest BCUT2D eigenvalue weighted by Crippen LogP contribution is 2.21. The number of benzene rings is 1. The van der Waals surface area contributed by atoms with Crippen LogP contribution in [-0.2, 0) is 0 Å². The van der Waals surface area contributed by atoms with E-state index in [4.69, 9.17) is 0 Å². The Morgan fingerprint density at radius 3 is 2.43 bits per heavy atom. The van der Waals surface area contributed by atoms with Crippen LogP contribution in [0.4, 0.5) is 10.5 Å². The minimum atomic E-state index is -0.214. The fourth-order valence-electron chi connectivity index (χ4n) is 4.53. The molecule has 2 saturated heterocycles. The molecule has 2 fully saturated rings. The van der Waals surface area contributed by atoms with E-state index >= 15 is 0 Å². The molecule has 0 radical (unpaired) electrons. The summed E-state index contributed by atoms with van der Waals surface area (Å²) in [4.78, 5) is 29.7. The van der Waals surface area contributed by atoms with Crippen molar-refractivity contribution >= 4 is 17.6 Å². The second-order valence-corrected chi connectivity index (χ2v) is 9.30. The minimum Gasteiger partial charge on any atom is -0.339 e. The van der Waals surface area contributed by atoms with Crippen LogP contribution in [0.15, 0.2) is 24.3 Å². The van der Waals surface area contributed by atoms with Gasteiger partial charge in [0.2, 0.25) is 0 Å². The maximum absolute atomic E-state index is 12.7. The van der Waals surface area contributed by atoms with Crippen molar-refractivity contribution in [2.45, 2.75) is 58.9 Å². The highest BCUT2D eigenvalue weighted by molar-refractivity contribution is 5.97. The number of rotatable bonds is 6. The van der Waals surface area contributed by atoms with E-state index in [0.717, 1.165) is 44.9 Å². The fraction of sp³-hybridized carbons (Fsp3) is 0.667. The van der Waals surface area contributed by atoms with Gasteiger partial charge in [-0.15, -0.1) is 0 Å². The van der Waals surface area contributed by atoms with Crippen LogP contribution in [0.2, 0.25) is 0 Å². The molecular formula is C24H38N4O2. The Hall–Kier alpha value is -2.08. The molecule has 6 heteroatoms. The van der Waals surface area contributed by atoms with Crippen molar-refractivity contribution in [3.8, 4) is 0 Å². The van der Waals surface area contributed by atoms with Crippen LogP contribution in [0.25, 0.3) is 0 Å². The lowest BCUT2D eigenvalue weighted by Gasteiger charge is -2.38. The Kier molecular flexibility index (Phi) is 8.14. The van der Waals surface area contributed by atoms with E-state index < -0.39 is 0 Å². The normalized spacial score (nSPS) is 19.5. The van der Waals surface area contributed by atoms with E-state index in [0.29, 0.717) is 29.8 Å². The van der Waals surface area contributed by atoms with Gasteiger partial charge in [-0.25, -0.2) is 4.79 Å². The predicted molar refractivity (Wildman–Crippen MR) is 122 cm³/mol. The number of likely N-dealkylation sites (tertiary alicyclic amines) is 2. The average Bonchev–Trinajstić information content (AvgIpc) is 2.75. The van der Waals surface area contributed by atoms with Gasteiger partial charge in [-0.3, -0.25) is 9.69 Å². The molecular weight excluding hydrogens is 376 g/mol. The first-order chi connectivity index (χ1) is 14.4. The molecule has 3 rings (SSSR count). The standard InChI is InChI=1S/C24H38N4O2/c1-18(2)22(27-14-10-19(3)11-15-27)17-25-24(30)26-21-9-7-8-20(16-21)23(29)28-12-5-4-6-13-28/h7-9,16,18-19,22H,4-6,10-15,17H2,1-3H3,(H2,25,26,30). The van der Waals surface area contributed by atoms with Crippen molar-refractivity contribution in [3.63, 3.8) is 0 Å². The zero-order chi connectivity index (χ0) is 21.5. The Labute approximate surface area is 181 Å². The summed E-state index contributed by atoms with van der Waals surface area (Å²) in [6.45, 7) is 11.2. The number of nitrogens with zero attached hydrogens (tertiary/aromatic N) is 2. The summed E-state index contributed by atoms with van der Waals surface area (Å²) in [7, 11) is 0. The zero-order valence-corrected chi connectivity index (χ0v) is 18.8. The number of nitrogens with one attached hydrogen (secondary N) is 2. The first-order valence-corrected chi connectivity index (χ1v) is 11.6. The number of carbonyl (C=O) groups is 2. The molecule has 1 aromatic carbocycles. The van der Waals surface area contributed by atoms with E-state index in [-0.39, 0.29) is 11.9 Å². The molecule has 0 aromatic heterocycles. The zero-order valence-electron chi connectivity index (χ0n) is 18.8. The summed E-state index contributed by atoms with van der Waals surface area (Å²) in [5.41, 5.74) is 1.29. The Morgan fingerprint density at radius 2 is 1.77 bits per heavy atom. The number of amides is 3. The molecule has 166 valence electrons. The van der Waals surface area contributed by atoms with Gasteiger partial charge in [0.05, 0.1) is 0 Å². The number of piperidine rings is 2. The fourth-order valence-corrected chi connectivity index (χ4v) is 4.53. The summed E-state index contributed by atoms with van der Waals surface area (Å²) < 4.78 is 0. The molecule has 30 heavy (non-hydrogen) atoms. The van der Waals surface area contributed by atoms with Gasteiger partial charge in [0, 0.05) is 36.9 Å². The first-order valence-electron chi connectivity index (χ1n) is 11.6. The summed E-state index contributed by atoms with van der Waals surface area (Å²) in [5.74, 6) is 1.33. The van der Waals surface area contributed by atoms with Crippen LogP contribution in [0.5, 0.6) is 0 Å². The molecule has 2 N–H and O–H groups in total. The van der Waals surface area contributed by atoms with E-state index in [9.17, 15) is 9.59 Å². The number of urea groups is 1. The van der Waals surface area contributed by atoms with Gasteiger partial charge in [-0.1, -0.05) is 26.8 Å². The predicted octanol–water partition coefficient (Wildman–Crippen LogP) is 4.19. The van der Waals surface area contributed by atoms with Crippen LogP contribution in [0.3, 0.4) is 0 Å². The third-order valence-electron chi connectivity index (χ3n) is 6.54. The van der Waals surface area contributed by atoms with Gasteiger partial charge < -0.3 is 15.5 Å². The Balaban J connectivity index is 1.53. The molecule has 3 amide bonds. The molecule has 0 saturated carbocycles. The van der Waals surface area contributed by atoms with E-state index in [1.165, 1.54) is 19.3 Å². The lowest BCUT2D eigenvalue weighted by atomic mass is 9.94. The number of anilines is 1. The summed E-state index contributed by atoms with van der Waals surface area (Å²) in [6.07, 6.45) is 5.79. The molecule has 1 aromatic rings. The summed E-state index contributed by atoms with van der Waals surface area (Å²) >= 11 is 0. The van der Waals surface area contributed by atoms with E-state index in [2.05, 4.69) is 36.3 Å². The Bertz CT molecular complexity index is 707. The average molecular weight is 415 g/mol. The van der Waals surface area contributed by atoms with Crippen molar-refractivity contribution in [2.24, 2.45) is 11.8 Å². The van der Waals surface area contributed by atoms with Crippen molar-refractivity contribution in [3.05, 3.63) is 29.8 Å². The maximum atomic E-state index is 12.7. The molecule has 2 aliphatic rings. The SMILES string of the molecule is CC1CCN(C(CNC(=O)Nc2cccc(C(=O)N3CCCCC3)c2)C(C)C)CC1. The smallest absolute Gasteiger partial charge is 0.319 e. The van der Waals surface area contributed by atoms with Crippen LogP contribution in [0.1, 0.15) is 63.2 Å². The van der Waals surface area contributed by atoms with Crippen molar-refractivity contribution < 1.29 is 9.59 Å². The van der Waals surface area contributed by atoms with Crippen molar-refractivity contribution in [2.75, 3.05) is 38.0 Å². The Morgan fingerprint density at radius 1 is 1.07 bits per heavy atom. The second kappa shape index (κ2) is 10.8. The lowest BCUT2D eigenvalue weighted by Crippen LogP contribution is -2.50. The van der Waals surface area contributed by atoms with E-state index in [1.807, 2.05) is 23.1 Å². The molecule has 2 aliphatic heterocycles. The third kappa shape index (κ3) is 6.21. The van der Waals surface area contributed by atoms with E-state index in [1.54, 1.807) is 6.07 Å². The molecule has 0 bridgehead atoms. The van der Waals surface area contributed by atoms with Gasteiger partial charge in [0.25, 0.3) is 5.91 Å². The number of hydrogen-bond acceptors (Lipinski definition) is 3. The molecule has 0 spiro atoms. The molecule has 2 heterocycles. The second-order valence-electron chi connectivity index (χ2n) is 9.30. The van der Waals surface area contributed by atoms with Gasteiger partial charge in [0.15, 0.2) is 0 Å². The topological polar surface area (TPSA) is 64.7 Å². The lowest BCUT2D eigenvalue weighted by molar-refractivity contribution is 0.0724. The maximum Gasteiger partial charge on any atom is 0.319 e. The van der Waals surface area contributed by atoms with Gasteiger partial charge in [-0.05, 0) is 75.2 Å².